The third-order valence-electron chi connectivity index (χ3n) is 12.9. The highest BCUT2D eigenvalue weighted by Crippen LogP contribution is 2.24. The number of unbranched alkanes of at least 4 members (excludes halogenated alkanes) is 20. The SMILES string of the molecule is CCCCCCCCC(=O)OCC(COC(=O)CCCCCCCC)CC(=O)OC[C@H]1C[C@H](OC(=O)CC(COC(=O)CCCCCCCC)COC(=O)CCCCCCCC)CN1C(=O)OCCN(C)C. The van der Waals surface area contributed by atoms with Crippen LogP contribution >= 0.6 is 0 Å². The summed E-state index contributed by atoms with van der Waals surface area (Å²) in [5.41, 5.74) is 0. The number of likely N-dealkylation sites (tertiary alicyclic amines) is 1. The lowest BCUT2D eigenvalue weighted by Crippen LogP contribution is -2.40. The Morgan fingerprint density at radius 3 is 1.15 bits per heavy atom. The van der Waals surface area contributed by atoms with Crippen LogP contribution in [0.1, 0.15) is 227 Å². The highest BCUT2D eigenvalue weighted by atomic mass is 16.6. The van der Waals surface area contributed by atoms with E-state index in [2.05, 4.69) is 27.7 Å². The zero-order valence-electron chi connectivity index (χ0n) is 46.0. The number of hydrogen-bond donors (Lipinski definition) is 0. The van der Waals surface area contributed by atoms with Crippen molar-refractivity contribution in [3.63, 3.8) is 0 Å². The minimum absolute atomic E-state index is 0.0222. The number of hydrogen-bond acceptors (Lipinski definition) is 15. The van der Waals surface area contributed by atoms with Crippen molar-refractivity contribution in [1.82, 2.24) is 9.80 Å². The van der Waals surface area contributed by atoms with E-state index in [1.807, 2.05) is 19.0 Å². The summed E-state index contributed by atoms with van der Waals surface area (Å²) >= 11 is 0. The molecule has 0 unspecified atom stereocenters. The Hall–Kier alpha value is -3.95. The van der Waals surface area contributed by atoms with Crippen LogP contribution in [0.2, 0.25) is 0 Å². The molecule has 72 heavy (non-hydrogen) atoms. The topological polar surface area (TPSA) is 191 Å². The average molecular weight is 1030 g/mol. The van der Waals surface area contributed by atoms with Crippen LogP contribution in [0.5, 0.6) is 0 Å². The summed E-state index contributed by atoms with van der Waals surface area (Å²) in [5, 5.41) is 0. The first kappa shape index (κ1) is 66.1. The van der Waals surface area contributed by atoms with Gasteiger partial charge < -0.3 is 38.1 Å². The summed E-state index contributed by atoms with van der Waals surface area (Å²) in [6, 6.07) is -0.705. The molecule has 2 atom stereocenters. The fourth-order valence-electron chi connectivity index (χ4n) is 8.36. The van der Waals surface area contributed by atoms with Crippen molar-refractivity contribution >= 4 is 41.9 Å². The molecule has 0 aromatic rings. The molecule has 16 nitrogen and oxygen atoms in total. The Bertz CT molecular complexity index is 1400. The molecule has 418 valence electrons. The average Bonchev–Trinajstić information content (AvgIpc) is 3.76. The van der Waals surface area contributed by atoms with Gasteiger partial charge in [0, 0.05) is 50.5 Å². The molecule has 1 aliphatic rings. The van der Waals surface area contributed by atoms with E-state index in [1.54, 1.807) is 0 Å². The normalized spacial score (nSPS) is 14.4. The highest BCUT2D eigenvalue weighted by Gasteiger charge is 2.39. The van der Waals surface area contributed by atoms with Gasteiger partial charge >= 0.3 is 41.9 Å². The van der Waals surface area contributed by atoms with Gasteiger partial charge in [-0.3, -0.25) is 33.7 Å². The second-order valence-electron chi connectivity index (χ2n) is 20.2. The second-order valence-corrected chi connectivity index (χ2v) is 20.2. The Morgan fingerprint density at radius 2 is 0.792 bits per heavy atom. The van der Waals surface area contributed by atoms with Gasteiger partial charge in [0.15, 0.2) is 0 Å². The maximum Gasteiger partial charge on any atom is 0.410 e. The molecular formula is C56H100N2O14. The second kappa shape index (κ2) is 44.5. The number of esters is 6. The first-order chi connectivity index (χ1) is 34.8. The number of nitrogens with zero attached hydrogens (tertiary/aromatic N) is 2. The molecular weight excluding hydrogens is 925 g/mol. The lowest BCUT2D eigenvalue weighted by Gasteiger charge is -2.24. The van der Waals surface area contributed by atoms with Gasteiger partial charge in [-0.25, -0.2) is 4.79 Å². The molecule has 0 bridgehead atoms. The molecule has 0 saturated carbocycles. The number of carbonyl (C=O) groups excluding carboxylic acids is 7. The van der Waals surface area contributed by atoms with E-state index in [0.29, 0.717) is 32.2 Å². The first-order valence-corrected chi connectivity index (χ1v) is 28.4. The van der Waals surface area contributed by atoms with Gasteiger partial charge in [0.1, 0.15) is 19.3 Å². The Balaban J connectivity index is 3.01. The van der Waals surface area contributed by atoms with E-state index in [1.165, 1.54) is 4.90 Å². The predicted molar refractivity (Wildman–Crippen MR) is 278 cm³/mol. The zero-order chi connectivity index (χ0) is 53.0. The molecule has 1 amide bonds. The maximum atomic E-state index is 13.6. The van der Waals surface area contributed by atoms with E-state index < -0.39 is 42.0 Å². The van der Waals surface area contributed by atoms with Crippen molar-refractivity contribution in [3.05, 3.63) is 0 Å². The number of carbonyl (C=O) groups is 7. The fourth-order valence-corrected chi connectivity index (χ4v) is 8.36. The van der Waals surface area contributed by atoms with Crippen molar-refractivity contribution in [2.24, 2.45) is 11.8 Å². The van der Waals surface area contributed by atoms with Crippen LogP contribution in [-0.4, -0.2) is 131 Å². The third kappa shape index (κ3) is 36.9. The molecule has 1 saturated heterocycles. The van der Waals surface area contributed by atoms with E-state index in [4.69, 9.17) is 33.2 Å². The predicted octanol–water partition coefficient (Wildman–Crippen LogP) is 11.4. The fraction of sp³-hybridized carbons (Fsp3) is 0.875. The van der Waals surface area contributed by atoms with Gasteiger partial charge in [0.25, 0.3) is 0 Å². The summed E-state index contributed by atoms with van der Waals surface area (Å²) in [7, 11) is 3.70. The Labute approximate surface area is 434 Å². The van der Waals surface area contributed by atoms with Crippen LogP contribution in [0, 0.1) is 11.8 Å². The van der Waals surface area contributed by atoms with Crippen molar-refractivity contribution in [2.45, 2.75) is 239 Å². The molecule has 0 aromatic heterocycles. The molecule has 1 aliphatic heterocycles. The van der Waals surface area contributed by atoms with Gasteiger partial charge in [0.2, 0.25) is 0 Å². The van der Waals surface area contributed by atoms with Gasteiger partial charge in [-0.2, -0.15) is 0 Å². The molecule has 1 fully saturated rings. The maximum absolute atomic E-state index is 13.6. The van der Waals surface area contributed by atoms with Crippen LogP contribution in [0.25, 0.3) is 0 Å². The van der Waals surface area contributed by atoms with E-state index in [9.17, 15) is 33.6 Å². The third-order valence-corrected chi connectivity index (χ3v) is 12.9. The quantitative estimate of drug-likeness (QED) is 0.0318. The monoisotopic (exact) mass is 1020 g/mol. The van der Waals surface area contributed by atoms with Crippen LogP contribution < -0.4 is 0 Å². The summed E-state index contributed by atoms with van der Waals surface area (Å²) in [6.07, 6.45) is 23.8. The number of ether oxygens (including phenoxy) is 7. The summed E-state index contributed by atoms with van der Waals surface area (Å²) in [5.74, 6) is -4.07. The van der Waals surface area contributed by atoms with Crippen LogP contribution in [0.15, 0.2) is 0 Å². The van der Waals surface area contributed by atoms with Crippen molar-refractivity contribution in [1.29, 1.82) is 0 Å². The summed E-state index contributed by atoms with van der Waals surface area (Å²) in [4.78, 5) is 94.4. The molecule has 1 rings (SSSR count). The number of amides is 1. The Kier molecular flexibility index (Phi) is 40.9. The minimum atomic E-state index is -0.779. The largest absolute Gasteiger partial charge is 0.465 e. The molecule has 1 heterocycles. The summed E-state index contributed by atoms with van der Waals surface area (Å²) < 4.78 is 39.5. The highest BCUT2D eigenvalue weighted by molar-refractivity contribution is 5.73. The van der Waals surface area contributed by atoms with E-state index in [-0.39, 0.29) is 115 Å². The molecule has 0 spiro atoms. The standard InChI is InChI=1S/C56H100N2O14/c1-7-11-15-19-23-27-31-50(59)67-41-46(42-68-51(60)32-28-24-20-16-12-8-2)37-54(63)71-45-48-39-49(40-58(48)56(65)66-36-35-57(5)6)72-55(64)38-47(43-69-52(61)33-29-25-21-17-13-9-3)44-70-53(62)34-30-26-22-18-14-10-4/h46-49H,7-45H2,1-6H3/t48-,49+/m1/s1. The van der Waals surface area contributed by atoms with Crippen LogP contribution in [0.4, 0.5) is 4.79 Å². The van der Waals surface area contributed by atoms with Crippen LogP contribution in [0.3, 0.4) is 0 Å². The molecule has 0 radical (unpaired) electrons. The van der Waals surface area contributed by atoms with Gasteiger partial charge in [-0.15, -0.1) is 0 Å². The van der Waals surface area contributed by atoms with Gasteiger partial charge in [0.05, 0.1) is 51.9 Å². The summed E-state index contributed by atoms with van der Waals surface area (Å²) in [6.45, 7) is 8.42. The zero-order valence-corrected chi connectivity index (χ0v) is 46.0. The number of likely N-dealkylation sites (N-methyl/N-ethyl adjacent to an activating group) is 1. The van der Waals surface area contributed by atoms with Gasteiger partial charge in [-0.05, 0) is 39.8 Å². The van der Waals surface area contributed by atoms with Crippen molar-refractivity contribution in [2.75, 3.05) is 66.8 Å². The van der Waals surface area contributed by atoms with Crippen molar-refractivity contribution in [3.8, 4) is 0 Å². The van der Waals surface area contributed by atoms with E-state index in [0.717, 1.165) is 128 Å². The van der Waals surface area contributed by atoms with Gasteiger partial charge in [-0.1, -0.05) is 156 Å². The molecule has 16 heteroatoms. The minimum Gasteiger partial charge on any atom is -0.465 e. The molecule has 0 aliphatic carbocycles. The van der Waals surface area contributed by atoms with Crippen molar-refractivity contribution < 1.29 is 66.7 Å². The first-order valence-electron chi connectivity index (χ1n) is 28.4. The van der Waals surface area contributed by atoms with E-state index >= 15 is 0 Å². The smallest absolute Gasteiger partial charge is 0.410 e. The lowest BCUT2D eigenvalue weighted by atomic mass is 10.1. The van der Waals surface area contributed by atoms with Crippen LogP contribution in [-0.2, 0) is 61.9 Å². The lowest BCUT2D eigenvalue weighted by molar-refractivity contribution is -0.157. The Morgan fingerprint density at radius 1 is 0.444 bits per heavy atom. The molecule has 0 N–H and O–H groups in total. The number of rotatable bonds is 46. The molecule has 0 aromatic carbocycles.